The first-order chi connectivity index (χ1) is 48.6. The quantitative estimate of drug-likeness (QED) is 0.0382. The molecule has 12 aromatic rings. The van der Waals surface area contributed by atoms with E-state index in [9.17, 15) is 40.6 Å². The zero-order chi connectivity index (χ0) is 70.9. The number of aromatic hydroxyl groups is 3. The topological polar surface area (TPSA) is 427 Å². The highest BCUT2D eigenvalue weighted by atomic mass is 32.2. The van der Waals surface area contributed by atoms with Crippen molar-refractivity contribution in [3.8, 4) is 62.5 Å². The molecule has 0 bridgehead atoms. The number of phenols is 3. The van der Waals surface area contributed by atoms with Gasteiger partial charge in [-0.25, -0.2) is 69.2 Å². The first kappa shape index (κ1) is 68.2. The van der Waals surface area contributed by atoms with Crippen LogP contribution in [0.4, 0.5) is 34.5 Å². The summed E-state index contributed by atoms with van der Waals surface area (Å²) in [6, 6.07) is 33.0. The Kier molecular flexibility index (Phi) is 19.0. The number of nitrogen functional groups attached to an aromatic ring is 3. The molecule has 101 heavy (non-hydrogen) atoms. The molecule has 3 fully saturated rings. The maximum atomic E-state index is 12.8. The third-order valence-electron chi connectivity index (χ3n) is 18.2. The molecule has 0 saturated heterocycles. The van der Waals surface area contributed by atoms with Crippen LogP contribution in [0.15, 0.2) is 161 Å². The number of benzene rings is 6. The molecule has 6 aromatic heterocycles. The highest BCUT2D eigenvalue weighted by Crippen LogP contribution is 2.43. The van der Waals surface area contributed by atoms with Gasteiger partial charge in [0.2, 0.25) is 0 Å². The van der Waals surface area contributed by atoms with Gasteiger partial charge in [-0.3, -0.25) is 14.2 Å². The Hall–Kier alpha value is -11.4. The number of ether oxygens (including phenoxy) is 2. The Morgan fingerprint density at radius 2 is 0.663 bits per heavy atom. The minimum Gasteiger partial charge on any atom is -0.506 e. The molecular weight excluding hydrogens is 1350 g/mol. The third-order valence-corrected chi connectivity index (χ3v) is 22.3. The van der Waals surface area contributed by atoms with Gasteiger partial charge in [0.05, 0.1) is 80.3 Å². The maximum Gasteiger partial charge on any atom is 0.262 e. The van der Waals surface area contributed by atoms with Gasteiger partial charge in [0.1, 0.15) is 82.3 Å². The molecule has 522 valence electrons. The molecule has 12 N–H and O–H groups in total. The van der Waals surface area contributed by atoms with E-state index in [1.165, 1.54) is 106 Å². The summed E-state index contributed by atoms with van der Waals surface area (Å²) < 4.78 is 99.6. The normalized spacial score (nSPS) is 14.6. The zero-order valence-electron chi connectivity index (χ0n) is 55.0. The van der Waals surface area contributed by atoms with Crippen LogP contribution in [0, 0.1) is 6.92 Å². The summed E-state index contributed by atoms with van der Waals surface area (Å²) in [4.78, 5) is 25.8. The molecule has 3 saturated carbocycles. The van der Waals surface area contributed by atoms with Crippen molar-refractivity contribution in [3.05, 3.63) is 152 Å². The number of aromatic nitrogens is 12. The van der Waals surface area contributed by atoms with Crippen LogP contribution in [0.2, 0.25) is 0 Å². The van der Waals surface area contributed by atoms with Crippen LogP contribution >= 0.6 is 0 Å². The summed E-state index contributed by atoms with van der Waals surface area (Å²) in [7, 11) is -8.67. The summed E-state index contributed by atoms with van der Waals surface area (Å²) in [5.41, 5.74) is 25.0. The first-order valence-electron chi connectivity index (χ1n) is 32.5. The van der Waals surface area contributed by atoms with E-state index in [0.29, 0.717) is 95.8 Å². The zero-order valence-corrected chi connectivity index (χ0v) is 57.5. The average molecular weight is 1430 g/mol. The molecule has 0 radical (unpaired) electrons. The fraction of sp³-hybridized carbons (Fsp3) is 0.261. The predicted molar refractivity (Wildman–Crippen MR) is 383 cm³/mol. The lowest BCUT2D eigenvalue weighted by atomic mass is 10.1. The van der Waals surface area contributed by atoms with Crippen LogP contribution in [0.5, 0.6) is 28.7 Å². The van der Waals surface area contributed by atoms with Gasteiger partial charge in [0.15, 0.2) is 16.9 Å². The van der Waals surface area contributed by atoms with E-state index in [1.54, 1.807) is 54.6 Å². The van der Waals surface area contributed by atoms with E-state index in [4.69, 9.17) is 42.0 Å². The number of methoxy groups -OCH3 is 2. The lowest BCUT2D eigenvalue weighted by Crippen LogP contribution is -2.13. The van der Waals surface area contributed by atoms with Crippen LogP contribution in [0.25, 0.3) is 66.9 Å². The van der Waals surface area contributed by atoms with E-state index in [0.717, 1.165) is 82.6 Å². The molecule has 29 nitrogen and oxygen atoms in total. The molecule has 15 rings (SSSR count). The molecule has 3 aliphatic carbocycles. The summed E-state index contributed by atoms with van der Waals surface area (Å²) in [5, 5.41) is 48.2. The number of aryl methyl sites for hydroxylation is 1. The molecule has 0 amide bonds. The maximum absolute atomic E-state index is 12.8. The number of nitrogens with one attached hydrogen (secondary N) is 3. The lowest BCUT2D eigenvalue weighted by molar-refractivity contribution is 0.414. The fourth-order valence-corrected chi connectivity index (χ4v) is 16.2. The molecule has 6 aromatic carbocycles. The minimum absolute atomic E-state index is 0.0444. The third kappa shape index (κ3) is 14.0. The highest BCUT2D eigenvalue weighted by Gasteiger charge is 2.30. The molecule has 6 heterocycles. The number of hydrogen-bond donors (Lipinski definition) is 9. The number of fused-ring (bicyclic) bond motifs is 3. The van der Waals surface area contributed by atoms with Crippen LogP contribution in [0.3, 0.4) is 0 Å². The van der Waals surface area contributed by atoms with Crippen molar-refractivity contribution < 1.29 is 50.0 Å². The standard InChI is InChI=1S/2C23H24N6O4S.C23H24N6O3S/c2*1-33-16-7-9-17(10-8-16)34(31,32)28-18-11-6-14(12-19(18)30)21-20-22(24)25-13-26-23(20)29(27-21)15-4-2-3-5-15;1-14-6-9-17(10-7-14)33(31,32)28-18-11-8-15(12-19(18)30)21-20-22(24)25-13-26-23(20)29(27-21)16-4-2-3-5-16/h2*6-13,15,28,30H,2-5H2,1H3,(H2,24,25,26);6-13,16,28,30H,2-5H2,1H3,(H2,24,25,26). The monoisotopic (exact) mass is 1420 g/mol. The van der Waals surface area contributed by atoms with Gasteiger partial charge in [0, 0.05) is 16.7 Å². The van der Waals surface area contributed by atoms with E-state index >= 15 is 0 Å². The molecule has 3 aliphatic rings. The smallest absolute Gasteiger partial charge is 0.262 e. The number of nitrogens with zero attached hydrogens (tertiary/aromatic N) is 12. The number of rotatable bonds is 17. The number of nitrogens with two attached hydrogens (primary N) is 3. The Bertz CT molecular complexity index is 5210. The number of sulfonamides is 3. The Morgan fingerprint density at radius 1 is 0.396 bits per heavy atom. The van der Waals surface area contributed by atoms with Crippen molar-refractivity contribution in [1.82, 2.24) is 59.2 Å². The second-order valence-electron chi connectivity index (χ2n) is 24.7. The largest absolute Gasteiger partial charge is 0.506 e. The Balaban J connectivity index is 0.000000135. The van der Waals surface area contributed by atoms with Crippen LogP contribution in [-0.4, -0.2) is 114 Å². The predicted octanol–water partition coefficient (Wildman–Crippen LogP) is 11.4. The van der Waals surface area contributed by atoms with E-state index in [-0.39, 0.29) is 67.1 Å². The SMILES string of the molecule is COc1ccc(S(=O)(=O)Nc2ccc(-c3nn(C4CCCC4)c4ncnc(N)c34)cc2O)cc1.COc1ccc(S(=O)(=O)Nc2ccc(-c3nn(C4CCCC4)c4ncnc(N)c34)cc2O)cc1.Cc1ccc(S(=O)(=O)Nc2ccc(-c3nn(C4CCCC4)c4ncnc(N)c34)cc2O)cc1. The fourth-order valence-electron chi connectivity index (χ4n) is 12.9. The van der Waals surface area contributed by atoms with Crippen molar-refractivity contribution in [2.45, 2.75) is 117 Å². The average Bonchev–Trinajstić information content (AvgIpc) is 1.62. The van der Waals surface area contributed by atoms with Crippen molar-refractivity contribution in [3.63, 3.8) is 0 Å². The summed E-state index contributed by atoms with van der Waals surface area (Å²) in [5.74, 6) is 1.28. The van der Waals surface area contributed by atoms with E-state index < -0.39 is 30.1 Å². The second-order valence-corrected chi connectivity index (χ2v) is 29.8. The summed E-state index contributed by atoms with van der Waals surface area (Å²) in [6.45, 7) is 1.88. The summed E-state index contributed by atoms with van der Waals surface area (Å²) in [6.07, 6.45) is 17.1. The number of hydrogen-bond acceptors (Lipinski definition) is 23. The van der Waals surface area contributed by atoms with Crippen molar-refractivity contribution in [1.29, 1.82) is 0 Å². The molecule has 0 aliphatic heterocycles. The molecular formula is C69H72N18O11S3. The van der Waals surface area contributed by atoms with Crippen LogP contribution in [0.1, 0.15) is 101 Å². The highest BCUT2D eigenvalue weighted by molar-refractivity contribution is 7.93. The van der Waals surface area contributed by atoms with E-state index in [1.807, 2.05) is 21.0 Å². The molecule has 32 heteroatoms. The van der Waals surface area contributed by atoms with Gasteiger partial charge in [-0.15, -0.1) is 0 Å². The van der Waals surface area contributed by atoms with Gasteiger partial charge in [0.25, 0.3) is 30.1 Å². The minimum atomic E-state index is -3.91. The lowest BCUT2D eigenvalue weighted by Gasteiger charge is -2.11. The van der Waals surface area contributed by atoms with Gasteiger partial charge >= 0.3 is 0 Å². The van der Waals surface area contributed by atoms with Crippen LogP contribution in [-0.2, 0) is 30.1 Å². The first-order valence-corrected chi connectivity index (χ1v) is 36.9. The molecule has 0 spiro atoms. The summed E-state index contributed by atoms with van der Waals surface area (Å²) >= 11 is 0. The number of anilines is 6. The van der Waals surface area contributed by atoms with Gasteiger partial charge in [-0.1, -0.05) is 74.4 Å². The second kappa shape index (κ2) is 28.1. The Morgan fingerprint density at radius 3 is 0.921 bits per heavy atom. The van der Waals surface area contributed by atoms with Gasteiger partial charge in [-0.05, 0) is 143 Å². The van der Waals surface area contributed by atoms with Gasteiger partial charge in [-0.2, -0.15) is 15.3 Å². The van der Waals surface area contributed by atoms with Gasteiger partial charge < -0.3 is 42.0 Å². The Labute approximate surface area is 580 Å². The molecule has 0 unspecified atom stereocenters. The van der Waals surface area contributed by atoms with Crippen molar-refractivity contribution in [2.24, 2.45) is 0 Å². The van der Waals surface area contributed by atoms with E-state index in [2.05, 4.69) is 44.1 Å². The van der Waals surface area contributed by atoms with Crippen molar-refractivity contribution in [2.75, 3.05) is 45.6 Å². The van der Waals surface area contributed by atoms with Crippen LogP contribution < -0.4 is 40.8 Å². The molecule has 0 atom stereocenters. The van der Waals surface area contributed by atoms with Crippen molar-refractivity contribution >= 4 is 97.7 Å². The number of phenolic OH excluding ortho intramolecular Hbond substituents is 3.